The first-order chi connectivity index (χ1) is 8.74. The number of aryl methyl sites for hydroxylation is 1. The SMILES string of the molecule is CCc1cccc2c1C(=S)c1ccccc1C2=O. The highest BCUT2D eigenvalue weighted by atomic mass is 32.1. The summed E-state index contributed by atoms with van der Waals surface area (Å²) in [4.78, 5) is 13.3. The van der Waals surface area contributed by atoms with Crippen molar-refractivity contribution in [2.75, 3.05) is 0 Å². The Hall–Kier alpha value is -1.80. The van der Waals surface area contributed by atoms with E-state index in [0.29, 0.717) is 0 Å². The number of carbonyl (C=O) groups excluding carboxylic acids is 1. The van der Waals surface area contributed by atoms with E-state index in [1.165, 1.54) is 0 Å². The normalized spacial score (nSPS) is 13.2. The summed E-state index contributed by atoms with van der Waals surface area (Å²) in [5, 5.41) is 0. The first kappa shape index (κ1) is 11.3. The van der Waals surface area contributed by atoms with Crippen LogP contribution in [-0.2, 0) is 6.42 Å². The van der Waals surface area contributed by atoms with Crippen molar-refractivity contribution >= 4 is 22.9 Å². The van der Waals surface area contributed by atoms with E-state index in [2.05, 4.69) is 6.92 Å². The number of thiocarbonyl (C=S) groups is 1. The fourth-order valence-corrected chi connectivity index (χ4v) is 2.93. The maximum Gasteiger partial charge on any atom is 0.194 e. The molecule has 88 valence electrons. The molecule has 0 saturated heterocycles. The average molecular weight is 252 g/mol. The van der Waals surface area contributed by atoms with Gasteiger partial charge in [-0.05, 0) is 12.0 Å². The molecule has 3 rings (SSSR count). The van der Waals surface area contributed by atoms with Crippen molar-refractivity contribution in [2.24, 2.45) is 0 Å². The molecule has 0 aromatic heterocycles. The smallest absolute Gasteiger partial charge is 0.194 e. The highest BCUT2D eigenvalue weighted by molar-refractivity contribution is 7.81. The first-order valence-electron chi connectivity index (χ1n) is 6.04. The fraction of sp³-hybridized carbons (Fsp3) is 0.125. The van der Waals surface area contributed by atoms with Crippen LogP contribution in [0.1, 0.15) is 39.5 Å². The highest BCUT2D eigenvalue weighted by Gasteiger charge is 2.27. The summed E-state index contributed by atoms with van der Waals surface area (Å²) in [6, 6.07) is 13.5. The minimum absolute atomic E-state index is 0.0875. The van der Waals surface area contributed by atoms with Crippen molar-refractivity contribution in [3.63, 3.8) is 0 Å². The Labute approximate surface area is 111 Å². The predicted octanol–water partition coefficient (Wildman–Crippen LogP) is 3.56. The molecule has 0 N–H and O–H groups in total. The molecule has 0 spiro atoms. The molecule has 2 aromatic carbocycles. The van der Waals surface area contributed by atoms with Gasteiger partial charge in [-0.1, -0.05) is 61.6 Å². The zero-order chi connectivity index (χ0) is 12.7. The van der Waals surface area contributed by atoms with Gasteiger partial charge in [-0.3, -0.25) is 4.79 Å². The summed E-state index contributed by atoms with van der Waals surface area (Å²) in [6.45, 7) is 2.09. The number of fused-ring (bicyclic) bond motifs is 2. The minimum Gasteiger partial charge on any atom is -0.289 e. The number of benzene rings is 2. The molecule has 2 aromatic rings. The maximum absolute atomic E-state index is 12.5. The summed E-state index contributed by atoms with van der Waals surface area (Å²) < 4.78 is 0. The van der Waals surface area contributed by atoms with Gasteiger partial charge in [0.2, 0.25) is 0 Å². The van der Waals surface area contributed by atoms with Crippen LogP contribution in [0.3, 0.4) is 0 Å². The highest BCUT2D eigenvalue weighted by Crippen LogP contribution is 2.30. The molecular weight excluding hydrogens is 240 g/mol. The van der Waals surface area contributed by atoms with Gasteiger partial charge >= 0.3 is 0 Å². The lowest BCUT2D eigenvalue weighted by molar-refractivity contribution is 0.103. The summed E-state index contributed by atoms with van der Waals surface area (Å²) in [6.07, 6.45) is 0.888. The van der Waals surface area contributed by atoms with Gasteiger partial charge in [-0.2, -0.15) is 0 Å². The number of hydrogen-bond acceptors (Lipinski definition) is 2. The van der Waals surface area contributed by atoms with Gasteiger partial charge in [0.25, 0.3) is 0 Å². The summed E-state index contributed by atoms with van der Waals surface area (Å²) in [7, 11) is 0. The zero-order valence-electron chi connectivity index (χ0n) is 10.1. The number of carbonyl (C=O) groups is 1. The van der Waals surface area contributed by atoms with E-state index < -0.39 is 0 Å². The van der Waals surface area contributed by atoms with E-state index in [-0.39, 0.29) is 5.78 Å². The van der Waals surface area contributed by atoms with Crippen molar-refractivity contribution < 1.29 is 4.79 Å². The zero-order valence-corrected chi connectivity index (χ0v) is 10.9. The molecular formula is C16H12OS. The molecule has 0 fully saturated rings. The lowest BCUT2D eigenvalue weighted by Crippen LogP contribution is -2.21. The quantitative estimate of drug-likeness (QED) is 0.616. The molecule has 0 saturated carbocycles. The minimum atomic E-state index is 0.0875. The third-order valence-corrected chi connectivity index (χ3v) is 3.84. The van der Waals surface area contributed by atoms with Crippen LogP contribution in [0.2, 0.25) is 0 Å². The van der Waals surface area contributed by atoms with E-state index in [0.717, 1.165) is 39.1 Å². The monoisotopic (exact) mass is 252 g/mol. The number of ketones is 1. The van der Waals surface area contributed by atoms with Crippen molar-refractivity contribution in [3.05, 3.63) is 70.3 Å². The average Bonchev–Trinajstić information content (AvgIpc) is 2.44. The Kier molecular flexibility index (Phi) is 2.60. The largest absolute Gasteiger partial charge is 0.289 e. The van der Waals surface area contributed by atoms with Crippen molar-refractivity contribution in [1.29, 1.82) is 0 Å². The second-order valence-electron chi connectivity index (χ2n) is 4.40. The van der Waals surface area contributed by atoms with E-state index in [1.54, 1.807) is 0 Å². The lowest BCUT2D eigenvalue weighted by Gasteiger charge is -2.21. The summed E-state index contributed by atoms with van der Waals surface area (Å²) >= 11 is 5.57. The molecule has 0 unspecified atom stereocenters. The molecule has 2 heteroatoms. The molecule has 1 aliphatic rings. The van der Waals surface area contributed by atoms with Crippen LogP contribution in [0.25, 0.3) is 0 Å². The second-order valence-corrected chi connectivity index (χ2v) is 4.81. The molecule has 0 bridgehead atoms. The van der Waals surface area contributed by atoms with E-state index in [4.69, 9.17) is 12.2 Å². The van der Waals surface area contributed by atoms with E-state index in [9.17, 15) is 4.79 Å². The van der Waals surface area contributed by atoms with Gasteiger partial charge in [0, 0.05) is 22.3 Å². The molecule has 1 aliphatic carbocycles. The number of hydrogen-bond donors (Lipinski definition) is 0. The predicted molar refractivity (Wildman–Crippen MR) is 76.5 cm³/mol. The molecule has 0 amide bonds. The Morgan fingerprint density at radius 3 is 2.33 bits per heavy atom. The van der Waals surface area contributed by atoms with Crippen LogP contribution in [-0.4, -0.2) is 10.6 Å². The Bertz CT molecular complexity index is 671. The molecule has 0 radical (unpaired) electrons. The molecule has 18 heavy (non-hydrogen) atoms. The topological polar surface area (TPSA) is 17.1 Å². The Morgan fingerprint density at radius 2 is 1.61 bits per heavy atom. The van der Waals surface area contributed by atoms with Gasteiger partial charge in [0.1, 0.15) is 0 Å². The molecule has 1 nitrogen and oxygen atoms in total. The third kappa shape index (κ3) is 1.46. The fourth-order valence-electron chi connectivity index (χ4n) is 2.51. The van der Waals surface area contributed by atoms with Crippen molar-refractivity contribution in [2.45, 2.75) is 13.3 Å². The van der Waals surface area contributed by atoms with E-state index in [1.807, 2.05) is 42.5 Å². The standard InChI is InChI=1S/C16H12OS/c1-2-10-6-5-9-13-14(10)16(18)12-8-4-3-7-11(12)15(13)17/h3-9H,2H2,1H3. The van der Waals surface area contributed by atoms with E-state index >= 15 is 0 Å². The van der Waals surface area contributed by atoms with Gasteiger partial charge in [-0.25, -0.2) is 0 Å². The van der Waals surface area contributed by atoms with Gasteiger partial charge in [0.05, 0.1) is 4.86 Å². The van der Waals surface area contributed by atoms with Crippen LogP contribution in [0, 0.1) is 0 Å². The third-order valence-electron chi connectivity index (χ3n) is 3.42. The summed E-state index contributed by atoms with van der Waals surface area (Å²) in [5.41, 5.74) is 4.48. The summed E-state index contributed by atoms with van der Waals surface area (Å²) in [5.74, 6) is 0.0875. The number of rotatable bonds is 1. The lowest BCUT2D eigenvalue weighted by atomic mass is 9.82. The first-order valence-corrected chi connectivity index (χ1v) is 6.45. The van der Waals surface area contributed by atoms with Gasteiger partial charge in [0.15, 0.2) is 5.78 Å². The maximum atomic E-state index is 12.5. The Balaban J connectivity index is 2.34. The van der Waals surface area contributed by atoms with Crippen LogP contribution in [0.5, 0.6) is 0 Å². The van der Waals surface area contributed by atoms with Crippen LogP contribution >= 0.6 is 12.2 Å². The van der Waals surface area contributed by atoms with Crippen LogP contribution in [0.15, 0.2) is 42.5 Å². The molecule has 0 heterocycles. The second kappa shape index (κ2) is 4.14. The Morgan fingerprint density at radius 1 is 0.944 bits per heavy atom. The van der Waals surface area contributed by atoms with Crippen molar-refractivity contribution in [1.82, 2.24) is 0 Å². The molecule has 0 aliphatic heterocycles. The van der Waals surface area contributed by atoms with Crippen molar-refractivity contribution in [3.8, 4) is 0 Å². The van der Waals surface area contributed by atoms with Gasteiger partial charge < -0.3 is 0 Å². The molecule has 0 atom stereocenters. The van der Waals surface area contributed by atoms with Crippen LogP contribution in [0.4, 0.5) is 0 Å². The van der Waals surface area contributed by atoms with Crippen LogP contribution < -0.4 is 0 Å². The van der Waals surface area contributed by atoms with Gasteiger partial charge in [-0.15, -0.1) is 0 Å².